The molecule has 110 valence electrons. The van der Waals surface area contributed by atoms with Gasteiger partial charge in [-0.3, -0.25) is 4.79 Å². The number of ether oxygens (including phenoxy) is 1. The van der Waals surface area contributed by atoms with E-state index in [4.69, 9.17) is 16.3 Å². The Morgan fingerprint density at radius 1 is 1.35 bits per heavy atom. The highest BCUT2D eigenvalue weighted by Gasteiger charge is 2.08. The van der Waals surface area contributed by atoms with Crippen molar-refractivity contribution in [3.05, 3.63) is 28.8 Å². The number of urea groups is 1. The second-order valence-corrected chi connectivity index (χ2v) is 5.07. The zero-order chi connectivity index (χ0) is 15.1. The molecule has 0 fully saturated rings. The fraction of sp³-hybridized carbons (Fsp3) is 0.429. The van der Waals surface area contributed by atoms with Crippen molar-refractivity contribution in [2.45, 2.75) is 33.3 Å². The van der Waals surface area contributed by atoms with E-state index in [1.807, 2.05) is 6.92 Å². The maximum absolute atomic E-state index is 11.6. The molecule has 1 rings (SSSR count). The molecule has 2 amide bonds. The van der Waals surface area contributed by atoms with Crippen LogP contribution in [0.25, 0.3) is 0 Å². The van der Waals surface area contributed by atoms with Gasteiger partial charge < -0.3 is 15.4 Å². The topological polar surface area (TPSA) is 67.4 Å². The summed E-state index contributed by atoms with van der Waals surface area (Å²) in [5.74, 6) is -0.331. The van der Waals surface area contributed by atoms with Crippen molar-refractivity contribution in [1.29, 1.82) is 0 Å². The zero-order valence-electron chi connectivity index (χ0n) is 11.8. The summed E-state index contributed by atoms with van der Waals surface area (Å²) in [6.45, 7) is 5.63. The molecule has 0 bridgehead atoms. The second kappa shape index (κ2) is 7.75. The summed E-state index contributed by atoms with van der Waals surface area (Å²) >= 11 is 5.83. The molecule has 1 aromatic carbocycles. The lowest BCUT2D eigenvalue weighted by Gasteiger charge is -2.11. The third kappa shape index (κ3) is 5.93. The summed E-state index contributed by atoms with van der Waals surface area (Å²) in [5.41, 5.74) is 1.54. The molecule has 0 unspecified atom stereocenters. The predicted octanol–water partition coefficient (Wildman–Crippen LogP) is 3.11. The van der Waals surface area contributed by atoms with Crippen molar-refractivity contribution < 1.29 is 14.3 Å². The Balaban J connectivity index is 2.35. The fourth-order valence-corrected chi connectivity index (χ4v) is 1.76. The van der Waals surface area contributed by atoms with Gasteiger partial charge in [-0.05, 0) is 44.5 Å². The van der Waals surface area contributed by atoms with Crippen molar-refractivity contribution in [2.75, 3.05) is 11.9 Å². The van der Waals surface area contributed by atoms with Crippen LogP contribution in [-0.4, -0.2) is 24.6 Å². The maximum Gasteiger partial charge on any atom is 0.319 e. The molecule has 0 heterocycles. The van der Waals surface area contributed by atoms with Gasteiger partial charge in [0.15, 0.2) is 0 Å². The monoisotopic (exact) mass is 298 g/mol. The van der Waals surface area contributed by atoms with Crippen molar-refractivity contribution in [3.63, 3.8) is 0 Å². The van der Waals surface area contributed by atoms with E-state index in [0.29, 0.717) is 10.7 Å². The Hall–Kier alpha value is -1.75. The summed E-state index contributed by atoms with van der Waals surface area (Å²) in [7, 11) is 0. The van der Waals surface area contributed by atoms with E-state index < -0.39 is 0 Å². The molecule has 6 heteroatoms. The van der Waals surface area contributed by atoms with Gasteiger partial charge in [0.1, 0.15) is 0 Å². The lowest BCUT2D eigenvalue weighted by atomic mass is 10.2. The largest absolute Gasteiger partial charge is 0.463 e. The molecule has 0 atom stereocenters. The Morgan fingerprint density at radius 3 is 2.65 bits per heavy atom. The average Bonchev–Trinajstić information content (AvgIpc) is 2.31. The molecule has 20 heavy (non-hydrogen) atoms. The van der Waals surface area contributed by atoms with Gasteiger partial charge in [-0.2, -0.15) is 0 Å². The van der Waals surface area contributed by atoms with Gasteiger partial charge in [0.25, 0.3) is 0 Å². The minimum Gasteiger partial charge on any atom is -0.463 e. The third-order valence-corrected chi connectivity index (χ3v) is 2.65. The van der Waals surface area contributed by atoms with Crippen LogP contribution in [0, 0.1) is 6.92 Å². The number of halogens is 1. The second-order valence-electron chi connectivity index (χ2n) is 4.63. The molecule has 2 N–H and O–H groups in total. The van der Waals surface area contributed by atoms with Crippen molar-refractivity contribution >= 4 is 29.3 Å². The van der Waals surface area contributed by atoms with Gasteiger partial charge in [0.05, 0.1) is 12.5 Å². The first kappa shape index (κ1) is 16.3. The lowest BCUT2D eigenvalue weighted by molar-refractivity contribution is -0.147. The number of nitrogens with one attached hydrogen (secondary N) is 2. The van der Waals surface area contributed by atoms with Crippen molar-refractivity contribution in [3.8, 4) is 0 Å². The van der Waals surface area contributed by atoms with Crippen LogP contribution in [0.5, 0.6) is 0 Å². The maximum atomic E-state index is 11.6. The van der Waals surface area contributed by atoms with Gasteiger partial charge in [-0.1, -0.05) is 11.6 Å². The molecule has 0 aliphatic heterocycles. The number of benzene rings is 1. The molecule has 0 saturated heterocycles. The minimum absolute atomic E-state index is 0.144. The highest BCUT2D eigenvalue weighted by Crippen LogP contribution is 2.19. The van der Waals surface area contributed by atoms with Crippen molar-refractivity contribution in [2.24, 2.45) is 0 Å². The van der Waals surface area contributed by atoms with Crippen LogP contribution in [0.1, 0.15) is 25.8 Å². The smallest absolute Gasteiger partial charge is 0.319 e. The summed E-state index contributed by atoms with van der Waals surface area (Å²) in [5, 5.41) is 5.90. The van der Waals surface area contributed by atoms with Crippen LogP contribution in [-0.2, 0) is 9.53 Å². The SMILES string of the molecule is Cc1cc(Cl)ccc1NC(=O)NCCC(=O)OC(C)C. The number of esters is 1. The average molecular weight is 299 g/mol. The fourth-order valence-electron chi connectivity index (χ4n) is 1.53. The van der Waals surface area contributed by atoms with Crippen LogP contribution in [0.2, 0.25) is 5.02 Å². The number of rotatable bonds is 5. The van der Waals surface area contributed by atoms with Gasteiger partial charge in [0.2, 0.25) is 0 Å². The summed E-state index contributed by atoms with van der Waals surface area (Å²) < 4.78 is 4.96. The van der Waals surface area contributed by atoms with Crippen LogP contribution in [0.3, 0.4) is 0 Å². The highest BCUT2D eigenvalue weighted by molar-refractivity contribution is 6.30. The van der Waals surface area contributed by atoms with Gasteiger partial charge in [-0.25, -0.2) is 4.79 Å². The van der Waals surface area contributed by atoms with E-state index in [1.54, 1.807) is 32.0 Å². The van der Waals surface area contributed by atoms with Crippen LogP contribution in [0.4, 0.5) is 10.5 Å². The van der Waals surface area contributed by atoms with Crippen molar-refractivity contribution in [1.82, 2.24) is 5.32 Å². The lowest BCUT2D eigenvalue weighted by Crippen LogP contribution is -2.31. The van der Waals surface area contributed by atoms with E-state index in [2.05, 4.69) is 10.6 Å². The third-order valence-electron chi connectivity index (χ3n) is 2.42. The first-order valence-electron chi connectivity index (χ1n) is 6.39. The van der Waals surface area contributed by atoms with Gasteiger partial charge in [-0.15, -0.1) is 0 Å². The Kier molecular flexibility index (Phi) is 6.31. The number of aryl methyl sites for hydroxylation is 1. The molecule has 0 aromatic heterocycles. The molecule has 1 aromatic rings. The molecule has 0 aliphatic carbocycles. The molecule has 0 radical (unpaired) electrons. The first-order valence-corrected chi connectivity index (χ1v) is 6.76. The summed E-state index contributed by atoms with van der Waals surface area (Å²) in [6, 6.07) is 4.82. The standard InChI is InChI=1S/C14H19ClN2O3/c1-9(2)20-13(18)6-7-16-14(19)17-12-5-4-11(15)8-10(12)3/h4-5,8-9H,6-7H2,1-3H3,(H2,16,17,19). The molecule has 0 aliphatic rings. The van der Waals surface area contributed by atoms with E-state index in [9.17, 15) is 9.59 Å². The van der Waals surface area contributed by atoms with Crippen LogP contribution in [0.15, 0.2) is 18.2 Å². The summed E-state index contributed by atoms with van der Waals surface area (Å²) in [6.07, 6.45) is -0.00128. The van der Waals surface area contributed by atoms with Crippen LogP contribution >= 0.6 is 11.6 Å². The van der Waals surface area contributed by atoms with Crippen LogP contribution < -0.4 is 10.6 Å². The Morgan fingerprint density at radius 2 is 2.05 bits per heavy atom. The molecule has 0 saturated carbocycles. The number of carbonyl (C=O) groups is 2. The predicted molar refractivity (Wildman–Crippen MR) is 79.1 cm³/mol. The molecule has 0 spiro atoms. The number of hydrogen-bond donors (Lipinski definition) is 2. The van der Waals surface area contributed by atoms with E-state index >= 15 is 0 Å². The molecular weight excluding hydrogens is 280 g/mol. The van der Waals surface area contributed by atoms with E-state index in [0.717, 1.165) is 5.56 Å². The Labute approximate surface area is 123 Å². The molecular formula is C14H19ClN2O3. The number of hydrogen-bond acceptors (Lipinski definition) is 3. The van der Waals surface area contributed by atoms with E-state index in [1.165, 1.54) is 0 Å². The number of anilines is 1. The zero-order valence-corrected chi connectivity index (χ0v) is 12.6. The Bertz CT molecular complexity index is 489. The quantitative estimate of drug-likeness (QED) is 0.821. The van der Waals surface area contributed by atoms with Gasteiger partial charge >= 0.3 is 12.0 Å². The first-order chi connectivity index (χ1) is 9.38. The normalized spacial score (nSPS) is 10.2. The highest BCUT2D eigenvalue weighted by atomic mass is 35.5. The van der Waals surface area contributed by atoms with E-state index in [-0.39, 0.29) is 31.1 Å². The molecule has 5 nitrogen and oxygen atoms in total. The minimum atomic E-state index is -0.368. The van der Waals surface area contributed by atoms with Gasteiger partial charge in [0, 0.05) is 17.3 Å². The summed E-state index contributed by atoms with van der Waals surface area (Å²) in [4.78, 5) is 22.9. The number of amides is 2. The number of carbonyl (C=O) groups excluding carboxylic acids is 2.